The minimum absolute atomic E-state index is 0.985. The monoisotopic (exact) mass is 234 g/mol. The van der Waals surface area contributed by atoms with E-state index in [0.717, 1.165) is 0 Å². The van der Waals surface area contributed by atoms with Crippen LogP contribution in [-0.2, 0) is 9.36 Å². The fourth-order valence-electron chi connectivity index (χ4n) is 0.420. The highest BCUT2D eigenvalue weighted by molar-refractivity contribution is 7.76. The summed E-state index contributed by atoms with van der Waals surface area (Å²) in [5.41, 5.74) is 3.38. The normalized spacial score (nSPS) is 15.5. The van der Waals surface area contributed by atoms with Crippen molar-refractivity contribution in [3.8, 4) is 0 Å². The third-order valence-corrected chi connectivity index (χ3v) is 3.05. The molecule has 10 heteroatoms. The molecule has 0 rings (SSSR count). The van der Waals surface area contributed by atoms with Crippen molar-refractivity contribution in [2.24, 2.45) is 5.73 Å². The van der Waals surface area contributed by atoms with E-state index in [9.17, 15) is 9.36 Å². The molecule has 1 atom stereocenters. The molecule has 13 heavy (non-hydrogen) atoms. The predicted octanol–water partition coefficient (Wildman–Crippen LogP) is -1.89. The summed E-state index contributed by atoms with van der Waals surface area (Å²) in [4.78, 5) is 52.5. The Bertz CT molecular complexity index is 241. The zero-order valence-electron chi connectivity index (χ0n) is 6.31. The van der Waals surface area contributed by atoms with Gasteiger partial charge in [0.2, 0.25) is 0 Å². The number of rotatable bonds is 4. The van der Waals surface area contributed by atoms with Gasteiger partial charge in [0.05, 0.1) is 6.42 Å². The van der Waals surface area contributed by atoms with E-state index in [1.807, 2.05) is 0 Å². The highest BCUT2D eigenvalue weighted by Crippen LogP contribution is 2.49. The smallest absolute Gasteiger partial charge is 0.323 e. The lowest BCUT2D eigenvalue weighted by Gasteiger charge is -2.11. The van der Waals surface area contributed by atoms with Gasteiger partial charge in [-0.3, -0.25) is 4.57 Å². The summed E-state index contributed by atoms with van der Waals surface area (Å²) in [5, 5.41) is 0. The van der Waals surface area contributed by atoms with Crippen LogP contribution in [0.15, 0.2) is 0 Å². The van der Waals surface area contributed by atoms with E-state index in [4.69, 9.17) is 30.2 Å². The first kappa shape index (κ1) is 13.1. The van der Waals surface area contributed by atoms with Gasteiger partial charge in [-0.1, -0.05) is 0 Å². The molecular weight excluding hydrogens is 224 g/mol. The minimum atomic E-state index is -4.69. The van der Waals surface area contributed by atoms with Crippen LogP contribution in [0, 0.1) is 0 Å². The van der Waals surface area contributed by atoms with E-state index < -0.39 is 33.3 Å². The fourth-order valence-corrected chi connectivity index (χ4v) is 1.41. The van der Waals surface area contributed by atoms with Crippen LogP contribution in [0.2, 0.25) is 0 Å². The van der Waals surface area contributed by atoms with Crippen LogP contribution < -0.4 is 5.73 Å². The standard InChI is InChI=1S/C3H9NO7P2/c4-2(12(6,7)8)1-3(5)13(9,10)11/h2,9-11H,1,4H2,(H-,6,7,8)/p+1. The van der Waals surface area contributed by atoms with Gasteiger partial charge in [-0.2, -0.15) is 14.7 Å². The molecule has 0 heterocycles. The quantitative estimate of drug-likeness (QED) is 0.307. The summed E-state index contributed by atoms with van der Waals surface area (Å²) in [6.45, 7) is 0. The maximum atomic E-state index is 10.6. The molecule has 0 aromatic carbocycles. The van der Waals surface area contributed by atoms with Gasteiger partial charge < -0.3 is 15.5 Å². The lowest BCUT2D eigenvalue weighted by molar-refractivity contribution is -0.114. The van der Waals surface area contributed by atoms with Gasteiger partial charge in [0, 0.05) is 0 Å². The predicted molar refractivity (Wildman–Crippen MR) is 43.2 cm³/mol. The molecule has 0 saturated heterocycles. The molecular formula is C3H10NO7P2+. The Morgan fingerprint density at radius 1 is 1.38 bits per heavy atom. The van der Waals surface area contributed by atoms with Crippen molar-refractivity contribution in [1.82, 2.24) is 0 Å². The Morgan fingerprint density at radius 3 is 2.00 bits per heavy atom. The van der Waals surface area contributed by atoms with E-state index in [1.165, 1.54) is 0 Å². The van der Waals surface area contributed by atoms with Crippen molar-refractivity contribution < 1.29 is 33.8 Å². The summed E-state index contributed by atoms with van der Waals surface area (Å²) >= 11 is 0. The average molecular weight is 234 g/mol. The second kappa shape index (κ2) is 4.08. The Morgan fingerprint density at radius 2 is 1.77 bits per heavy atom. The molecule has 0 aliphatic rings. The van der Waals surface area contributed by atoms with Crippen LogP contribution in [0.25, 0.3) is 0 Å². The van der Waals surface area contributed by atoms with Gasteiger partial charge in [-0.25, -0.2) is 4.79 Å². The van der Waals surface area contributed by atoms with Crippen LogP contribution >= 0.6 is 15.5 Å². The van der Waals surface area contributed by atoms with Crippen molar-refractivity contribution in [2.75, 3.05) is 0 Å². The first-order valence-electron chi connectivity index (χ1n) is 2.96. The molecule has 8 nitrogen and oxygen atoms in total. The van der Waals surface area contributed by atoms with Gasteiger partial charge in [0.15, 0.2) is 0 Å². The topological polar surface area (TPSA) is 161 Å². The molecule has 0 aliphatic heterocycles. The van der Waals surface area contributed by atoms with Crippen molar-refractivity contribution in [3.63, 3.8) is 0 Å². The zero-order valence-corrected chi connectivity index (χ0v) is 8.10. The van der Waals surface area contributed by atoms with E-state index >= 15 is 0 Å². The van der Waals surface area contributed by atoms with Gasteiger partial charge in [-0.05, 0) is 0 Å². The first-order chi connectivity index (χ1) is 5.55. The molecule has 7 N–H and O–H groups in total. The van der Waals surface area contributed by atoms with Crippen LogP contribution in [-0.4, -0.2) is 35.8 Å². The van der Waals surface area contributed by atoms with Crippen LogP contribution in [0.4, 0.5) is 0 Å². The molecule has 0 spiro atoms. The Balaban J connectivity index is 4.33. The van der Waals surface area contributed by atoms with Crippen LogP contribution in [0.1, 0.15) is 6.42 Å². The van der Waals surface area contributed by atoms with Crippen molar-refractivity contribution >= 4 is 21.1 Å². The summed E-state index contributed by atoms with van der Waals surface area (Å²) in [7, 11) is -9.33. The highest BCUT2D eigenvalue weighted by Gasteiger charge is 2.45. The lowest BCUT2D eigenvalue weighted by Crippen LogP contribution is -2.24. The molecule has 0 fully saturated rings. The van der Waals surface area contributed by atoms with Crippen LogP contribution in [0.5, 0.6) is 0 Å². The molecule has 1 unspecified atom stereocenters. The van der Waals surface area contributed by atoms with Gasteiger partial charge in [0.25, 0.3) is 0 Å². The summed E-state index contributed by atoms with van der Waals surface area (Å²) in [5.74, 6) is -1.83. The second-order valence-electron chi connectivity index (χ2n) is 2.32. The van der Waals surface area contributed by atoms with Gasteiger partial charge >= 0.3 is 21.1 Å². The van der Waals surface area contributed by atoms with E-state index in [-0.39, 0.29) is 0 Å². The fraction of sp³-hybridized carbons (Fsp3) is 0.667. The molecule has 0 aliphatic carbocycles. The van der Waals surface area contributed by atoms with E-state index in [0.29, 0.717) is 0 Å². The number of hydrogen-bond acceptors (Lipinski definition) is 6. The van der Waals surface area contributed by atoms with E-state index in [2.05, 4.69) is 0 Å². The second-order valence-corrected chi connectivity index (χ2v) is 5.80. The Kier molecular flexibility index (Phi) is 4.11. The van der Waals surface area contributed by atoms with Crippen LogP contribution in [0.3, 0.4) is 0 Å². The Labute approximate surface area is 73.7 Å². The number of nitrogens with two attached hydrogens (primary N) is 1. The number of hydrogen-bond donors (Lipinski definition) is 6. The maximum absolute atomic E-state index is 10.6. The molecule has 0 bridgehead atoms. The molecule has 0 radical (unpaired) electrons. The molecule has 0 aromatic heterocycles. The minimum Gasteiger partial charge on any atom is -0.323 e. The lowest BCUT2D eigenvalue weighted by atomic mass is 10.5. The largest absolute Gasteiger partial charge is 0.478 e. The van der Waals surface area contributed by atoms with Crippen molar-refractivity contribution in [3.05, 3.63) is 0 Å². The average Bonchev–Trinajstić information content (AvgIpc) is 1.82. The van der Waals surface area contributed by atoms with Crippen molar-refractivity contribution in [1.29, 1.82) is 0 Å². The summed E-state index contributed by atoms with van der Waals surface area (Å²) in [6.07, 6.45) is -0.985. The maximum Gasteiger partial charge on any atom is 0.478 e. The Hall–Kier alpha value is 0.0900. The van der Waals surface area contributed by atoms with Gasteiger partial charge in [-0.15, -0.1) is 0 Å². The third-order valence-electron chi connectivity index (χ3n) is 1.15. The van der Waals surface area contributed by atoms with Crippen molar-refractivity contribution in [2.45, 2.75) is 12.2 Å². The highest BCUT2D eigenvalue weighted by atomic mass is 31.2. The molecule has 78 valence electrons. The third kappa shape index (κ3) is 4.75. The summed E-state index contributed by atoms with van der Waals surface area (Å²) < 4.78 is 10.4. The van der Waals surface area contributed by atoms with Gasteiger partial charge in [0.1, 0.15) is 5.78 Å². The number of carbonyl (C=O) groups is 1. The first-order valence-corrected chi connectivity index (χ1v) is 6.29. The molecule has 0 saturated carbocycles. The zero-order chi connectivity index (χ0) is 10.9. The molecule has 0 amide bonds. The summed E-state index contributed by atoms with van der Waals surface area (Å²) in [6, 6.07) is 0. The van der Waals surface area contributed by atoms with E-state index in [1.54, 1.807) is 0 Å². The number of carbonyl (C=O) groups excluding carboxylic acids is 1. The SMILES string of the molecule is NC(CC(=O)[P+](O)(O)O)P(=O)(O)O. The molecule has 0 aromatic rings.